The Morgan fingerprint density at radius 1 is 1.03 bits per heavy atom. The smallest absolute Gasteiger partial charge is 0.338 e. The van der Waals surface area contributed by atoms with Crippen molar-refractivity contribution in [2.45, 2.75) is 97.2 Å². The number of carbonyl (C=O) groups is 2. The van der Waals surface area contributed by atoms with Gasteiger partial charge in [-0.1, -0.05) is 39.0 Å². The number of hydrogen-bond acceptors (Lipinski definition) is 5. The van der Waals surface area contributed by atoms with Crippen molar-refractivity contribution in [3.63, 3.8) is 0 Å². The molecule has 1 aromatic rings. The number of fused-ring (bicyclic) bond motifs is 5. The van der Waals surface area contributed by atoms with E-state index < -0.39 is 0 Å². The Kier molecular flexibility index (Phi) is 7.48. The number of ether oxygens (including phenoxy) is 2. The van der Waals surface area contributed by atoms with E-state index in [4.69, 9.17) is 9.47 Å². The highest BCUT2D eigenvalue weighted by Gasteiger charge is 2.63. The molecule has 5 nitrogen and oxygen atoms in total. The molecule has 37 heavy (non-hydrogen) atoms. The van der Waals surface area contributed by atoms with Gasteiger partial charge in [0.2, 0.25) is 0 Å². The van der Waals surface area contributed by atoms with E-state index in [1.807, 2.05) is 30.3 Å². The molecule has 204 valence electrons. The molecule has 4 aliphatic rings. The third-order valence-electron chi connectivity index (χ3n) is 11.8. The molecule has 4 fully saturated rings. The van der Waals surface area contributed by atoms with Gasteiger partial charge in [0.05, 0.1) is 18.8 Å². The summed E-state index contributed by atoms with van der Waals surface area (Å²) in [4.78, 5) is 24.5. The van der Waals surface area contributed by atoms with Crippen LogP contribution in [0.3, 0.4) is 0 Å². The molecule has 5 heteroatoms. The summed E-state index contributed by atoms with van der Waals surface area (Å²) in [6.45, 7) is 7.11. The van der Waals surface area contributed by atoms with Crippen molar-refractivity contribution >= 4 is 11.9 Å². The Morgan fingerprint density at radius 2 is 1.78 bits per heavy atom. The number of hydrogen-bond donors (Lipinski definition) is 1. The van der Waals surface area contributed by atoms with Crippen LogP contribution in [0.1, 0.15) is 95.3 Å². The van der Waals surface area contributed by atoms with Gasteiger partial charge in [-0.15, -0.1) is 0 Å². The average Bonchev–Trinajstić information content (AvgIpc) is 3.27. The largest absolute Gasteiger partial charge is 0.469 e. The maximum absolute atomic E-state index is 12.7. The highest BCUT2D eigenvalue weighted by atomic mass is 16.5. The van der Waals surface area contributed by atoms with Crippen LogP contribution in [0.4, 0.5) is 0 Å². The van der Waals surface area contributed by atoms with Crippen molar-refractivity contribution in [2.75, 3.05) is 7.11 Å². The van der Waals surface area contributed by atoms with Crippen LogP contribution in [0.2, 0.25) is 0 Å². The third-order valence-corrected chi connectivity index (χ3v) is 11.8. The predicted octanol–water partition coefficient (Wildman–Crippen LogP) is 6.43. The van der Waals surface area contributed by atoms with Gasteiger partial charge in [-0.3, -0.25) is 4.79 Å². The lowest BCUT2D eigenvalue weighted by Gasteiger charge is -2.62. The molecular formula is C32H46O5. The van der Waals surface area contributed by atoms with Gasteiger partial charge < -0.3 is 14.6 Å². The monoisotopic (exact) mass is 510 g/mol. The molecule has 0 heterocycles. The number of benzene rings is 1. The molecule has 0 aromatic heterocycles. The molecule has 5 rings (SSSR count). The van der Waals surface area contributed by atoms with Crippen LogP contribution in [-0.2, 0) is 14.3 Å². The minimum Gasteiger partial charge on any atom is -0.469 e. The van der Waals surface area contributed by atoms with E-state index in [0.29, 0.717) is 47.5 Å². The fraction of sp³-hybridized carbons (Fsp3) is 0.750. The lowest BCUT2D eigenvalue weighted by Crippen LogP contribution is -2.59. The van der Waals surface area contributed by atoms with Crippen molar-refractivity contribution in [3.05, 3.63) is 35.9 Å². The van der Waals surface area contributed by atoms with Crippen molar-refractivity contribution in [1.29, 1.82) is 0 Å². The summed E-state index contributed by atoms with van der Waals surface area (Å²) in [6, 6.07) is 9.33. The fourth-order valence-corrected chi connectivity index (χ4v) is 9.69. The Hall–Kier alpha value is -1.88. The molecule has 4 aliphatic carbocycles. The zero-order valence-electron chi connectivity index (χ0n) is 23.2. The first kappa shape index (κ1) is 26.7. The number of aliphatic hydroxyl groups is 1. The highest BCUT2D eigenvalue weighted by molar-refractivity contribution is 5.89. The number of rotatable bonds is 6. The molecular weight excluding hydrogens is 464 g/mol. The normalized spacial score (nSPS) is 41.6. The standard InChI is InChI=1S/C32H46O5/c1-20(10-15-29(34)36-4)25-13-14-26-24-12-11-22-18-23(37-30(35)21-8-6-5-7-9-21)16-17-31(22,2)27(24)19-28(33)32(25,26)3/h5-9,20,22-28,33H,10-19H2,1-4H3/t20-,22+,23+,24-,25-,26+,27-,28-,31-,32-/m0/s1. The summed E-state index contributed by atoms with van der Waals surface area (Å²) in [5, 5.41) is 11.8. The van der Waals surface area contributed by atoms with E-state index in [9.17, 15) is 14.7 Å². The molecule has 10 atom stereocenters. The van der Waals surface area contributed by atoms with E-state index in [0.717, 1.165) is 38.5 Å². The molecule has 0 amide bonds. The summed E-state index contributed by atoms with van der Waals surface area (Å²) in [6.07, 6.45) is 9.59. The lowest BCUT2D eigenvalue weighted by molar-refractivity contribution is -0.175. The lowest BCUT2D eigenvalue weighted by atomic mass is 9.43. The van der Waals surface area contributed by atoms with Gasteiger partial charge >= 0.3 is 11.9 Å². The summed E-state index contributed by atoms with van der Waals surface area (Å²) in [7, 11) is 1.46. The van der Waals surface area contributed by atoms with Gasteiger partial charge in [0.25, 0.3) is 0 Å². The van der Waals surface area contributed by atoms with Crippen molar-refractivity contribution in [3.8, 4) is 0 Å². The van der Waals surface area contributed by atoms with Gasteiger partial charge in [0, 0.05) is 6.42 Å². The first-order valence-electron chi connectivity index (χ1n) is 14.7. The van der Waals surface area contributed by atoms with Crippen molar-refractivity contribution in [2.24, 2.45) is 46.3 Å². The van der Waals surface area contributed by atoms with Gasteiger partial charge in [-0.05, 0) is 116 Å². The molecule has 0 unspecified atom stereocenters. The van der Waals surface area contributed by atoms with Gasteiger partial charge in [0.1, 0.15) is 6.10 Å². The maximum Gasteiger partial charge on any atom is 0.338 e. The quantitative estimate of drug-likeness (QED) is 0.447. The minimum atomic E-state index is -0.295. The Morgan fingerprint density at radius 3 is 2.51 bits per heavy atom. The summed E-state index contributed by atoms with van der Waals surface area (Å²) in [5.41, 5.74) is 0.767. The number of esters is 2. The molecule has 0 radical (unpaired) electrons. The second-order valence-corrected chi connectivity index (χ2v) is 13.2. The van der Waals surface area contributed by atoms with Crippen LogP contribution in [0.5, 0.6) is 0 Å². The van der Waals surface area contributed by atoms with Crippen LogP contribution >= 0.6 is 0 Å². The average molecular weight is 511 g/mol. The zero-order chi connectivity index (χ0) is 26.4. The molecule has 1 N–H and O–H groups in total. The van der Waals surface area contributed by atoms with Crippen LogP contribution in [-0.4, -0.2) is 36.4 Å². The van der Waals surface area contributed by atoms with Crippen LogP contribution in [0.25, 0.3) is 0 Å². The predicted molar refractivity (Wildman–Crippen MR) is 143 cm³/mol. The molecule has 1 aromatic carbocycles. The molecule has 4 saturated carbocycles. The molecule has 0 bridgehead atoms. The molecule has 0 saturated heterocycles. The highest BCUT2D eigenvalue weighted by Crippen LogP contribution is 2.68. The SMILES string of the molecule is COC(=O)CC[C@H](C)[C@@H]1CC[C@@H]2[C@@H]3CC[C@@H]4C[C@H](OC(=O)c5ccccc5)CC[C@]4(C)[C@H]3C[C@H](O)[C@]21C. The van der Waals surface area contributed by atoms with Crippen molar-refractivity contribution in [1.82, 2.24) is 0 Å². The van der Waals surface area contributed by atoms with E-state index in [1.54, 1.807) is 0 Å². The molecule has 0 aliphatic heterocycles. The zero-order valence-corrected chi connectivity index (χ0v) is 23.2. The van der Waals surface area contributed by atoms with E-state index in [1.165, 1.54) is 26.4 Å². The summed E-state index contributed by atoms with van der Waals surface area (Å²) >= 11 is 0. The Balaban J connectivity index is 1.27. The summed E-state index contributed by atoms with van der Waals surface area (Å²) in [5.74, 6) is 2.82. The third kappa shape index (κ3) is 4.64. The van der Waals surface area contributed by atoms with Gasteiger partial charge in [0.15, 0.2) is 0 Å². The first-order chi connectivity index (χ1) is 17.7. The maximum atomic E-state index is 12.7. The van der Waals surface area contributed by atoms with Crippen LogP contribution < -0.4 is 0 Å². The second kappa shape index (κ2) is 10.4. The van der Waals surface area contributed by atoms with Gasteiger partial charge in [-0.2, -0.15) is 0 Å². The topological polar surface area (TPSA) is 72.8 Å². The number of methoxy groups -OCH3 is 1. The summed E-state index contributed by atoms with van der Waals surface area (Å²) < 4.78 is 10.9. The number of aliphatic hydroxyl groups excluding tert-OH is 1. The van der Waals surface area contributed by atoms with Crippen molar-refractivity contribution < 1.29 is 24.2 Å². The minimum absolute atomic E-state index is 0.00682. The van der Waals surface area contributed by atoms with Crippen LogP contribution in [0, 0.1) is 46.3 Å². The second-order valence-electron chi connectivity index (χ2n) is 13.2. The van der Waals surface area contributed by atoms with Crippen LogP contribution in [0.15, 0.2) is 30.3 Å². The van der Waals surface area contributed by atoms with E-state index in [-0.39, 0.29) is 35.0 Å². The number of carbonyl (C=O) groups excluding carboxylic acids is 2. The van der Waals surface area contributed by atoms with Gasteiger partial charge in [-0.25, -0.2) is 4.79 Å². The Labute approximate surface area is 222 Å². The fourth-order valence-electron chi connectivity index (χ4n) is 9.69. The molecule has 0 spiro atoms. The van der Waals surface area contributed by atoms with E-state index in [2.05, 4.69) is 20.8 Å². The van der Waals surface area contributed by atoms with E-state index >= 15 is 0 Å². The first-order valence-corrected chi connectivity index (χ1v) is 14.7. The Bertz CT molecular complexity index is 977.